The Bertz CT molecular complexity index is 477. The van der Waals surface area contributed by atoms with E-state index in [2.05, 4.69) is 9.97 Å². The molecule has 0 saturated carbocycles. The van der Waals surface area contributed by atoms with Crippen LogP contribution in [0, 0.1) is 0 Å². The van der Waals surface area contributed by atoms with E-state index in [-0.39, 0.29) is 0 Å². The van der Waals surface area contributed by atoms with Crippen LogP contribution in [0.1, 0.15) is 5.56 Å². The highest BCUT2D eigenvalue weighted by molar-refractivity contribution is 7.98. The molecule has 5 heteroatoms. The second-order valence-corrected chi connectivity index (χ2v) is 4.91. The van der Waals surface area contributed by atoms with Crippen LogP contribution in [-0.2, 0) is 5.75 Å². The van der Waals surface area contributed by atoms with E-state index in [1.54, 1.807) is 36.4 Å². The minimum absolute atomic E-state index is 0.419. The van der Waals surface area contributed by atoms with Gasteiger partial charge in [0.25, 0.3) is 0 Å². The van der Waals surface area contributed by atoms with Gasteiger partial charge in [0.15, 0.2) is 0 Å². The lowest BCUT2D eigenvalue weighted by Gasteiger charge is -2.03. The van der Waals surface area contributed by atoms with Crippen LogP contribution in [0.15, 0.2) is 41.7 Å². The molecule has 2 aromatic heterocycles. The third-order valence-electron chi connectivity index (χ3n) is 1.94. The maximum absolute atomic E-state index is 6.05. The van der Waals surface area contributed by atoms with E-state index in [1.165, 1.54) is 0 Å². The van der Waals surface area contributed by atoms with Crippen LogP contribution in [0.5, 0.6) is 0 Å². The zero-order chi connectivity index (χ0) is 11.4. The van der Waals surface area contributed by atoms with E-state index in [1.807, 2.05) is 12.1 Å². The molecule has 0 spiro atoms. The second-order valence-electron chi connectivity index (χ2n) is 3.07. The third kappa shape index (κ3) is 3.11. The molecule has 0 radical (unpaired) electrons. The highest BCUT2D eigenvalue weighted by Gasteiger charge is 2.03. The van der Waals surface area contributed by atoms with Crippen molar-refractivity contribution in [1.82, 2.24) is 9.97 Å². The van der Waals surface area contributed by atoms with Crippen molar-refractivity contribution in [3.05, 3.63) is 52.5 Å². The van der Waals surface area contributed by atoms with Crippen LogP contribution < -0.4 is 0 Å². The van der Waals surface area contributed by atoms with Crippen molar-refractivity contribution in [2.45, 2.75) is 10.6 Å². The maximum Gasteiger partial charge on any atom is 0.130 e. The van der Waals surface area contributed by atoms with Gasteiger partial charge in [-0.3, -0.25) is 4.98 Å². The number of pyridine rings is 2. The molecule has 2 aromatic rings. The fourth-order valence-corrected chi connectivity index (χ4v) is 2.52. The second kappa shape index (κ2) is 5.53. The first kappa shape index (κ1) is 11.7. The Hall–Kier alpha value is -0.770. The zero-order valence-corrected chi connectivity index (χ0v) is 10.6. The van der Waals surface area contributed by atoms with E-state index in [0.717, 1.165) is 16.2 Å². The Labute approximate surface area is 108 Å². The zero-order valence-electron chi connectivity index (χ0n) is 8.23. The average molecular weight is 271 g/mol. The summed E-state index contributed by atoms with van der Waals surface area (Å²) in [5, 5.41) is 1.07. The van der Waals surface area contributed by atoms with Crippen molar-refractivity contribution >= 4 is 35.0 Å². The molecular weight excluding hydrogens is 263 g/mol. The van der Waals surface area contributed by atoms with Crippen LogP contribution in [0.4, 0.5) is 0 Å². The van der Waals surface area contributed by atoms with Crippen LogP contribution >= 0.6 is 35.0 Å². The van der Waals surface area contributed by atoms with E-state index >= 15 is 0 Å². The topological polar surface area (TPSA) is 25.8 Å². The molecule has 0 amide bonds. The number of aromatic nitrogens is 2. The Morgan fingerprint density at radius 1 is 1.19 bits per heavy atom. The first-order chi connectivity index (χ1) is 7.75. The molecule has 0 N–H and O–H groups in total. The quantitative estimate of drug-likeness (QED) is 0.621. The molecule has 0 unspecified atom stereocenters. The normalized spacial score (nSPS) is 10.4. The summed E-state index contributed by atoms with van der Waals surface area (Å²) in [5.41, 5.74) is 0.980. The van der Waals surface area contributed by atoms with Crippen molar-refractivity contribution in [2.24, 2.45) is 0 Å². The third-order valence-corrected chi connectivity index (χ3v) is 3.56. The van der Waals surface area contributed by atoms with E-state index < -0.39 is 0 Å². The predicted octanol–water partition coefficient (Wildman–Crippen LogP) is 4.08. The molecule has 0 aliphatic carbocycles. The van der Waals surface area contributed by atoms with Gasteiger partial charge in [0, 0.05) is 34.3 Å². The van der Waals surface area contributed by atoms with Gasteiger partial charge in [-0.05, 0) is 23.8 Å². The first-order valence-electron chi connectivity index (χ1n) is 4.58. The standard InChI is InChI=1S/C11H8Cl2N2S/c12-10-5-11(13)15-6-8(10)7-16-9-1-3-14-4-2-9/h1-6H,7H2. The van der Waals surface area contributed by atoms with Gasteiger partial charge in [-0.1, -0.05) is 23.2 Å². The average Bonchev–Trinajstić information content (AvgIpc) is 2.29. The monoisotopic (exact) mass is 270 g/mol. The van der Waals surface area contributed by atoms with E-state index in [0.29, 0.717) is 10.2 Å². The molecule has 0 atom stereocenters. The fraction of sp³-hybridized carbons (Fsp3) is 0.0909. The summed E-state index contributed by atoms with van der Waals surface area (Å²) in [6, 6.07) is 5.58. The lowest BCUT2D eigenvalue weighted by molar-refractivity contribution is 1.23. The summed E-state index contributed by atoms with van der Waals surface area (Å²) < 4.78 is 0. The molecule has 16 heavy (non-hydrogen) atoms. The van der Waals surface area contributed by atoms with E-state index in [4.69, 9.17) is 23.2 Å². The summed E-state index contributed by atoms with van der Waals surface area (Å²) in [4.78, 5) is 9.12. The van der Waals surface area contributed by atoms with Crippen LogP contribution in [0.3, 0.4) is 0 Å². The largest absolute Gasteiger partial charge is 0.265 e. The lowest BCUT2D eigenvalue weighted by Crippen LogP contribution is -1.85. The molecule has 2 rings (SSSR count). The summed E-state index contributed by atoms with van der Waals surface area (Å²) in [5.74, 6) is 0.771. The number of nitrogens with zero attached hydrogens (tertiary/aromatic N) is 2. The highest BCUT2D eigenvalue weighted by atomic mass is 35.5. The summed E-state index contributed by atoms with van der Waals surface area (Å²) in [6.07, 6.45) is 5.24. The van der Waals surface area contributed by atoms with Crippen molar-refractivity contribution in [3.8, 4) is 0 Å². The number of hydrogen-bond donors (Lipinski definition) is 0. The Morgan fingerprint density at radius 2 is 1.94 bits per heavy atom. The Balaban J connectivity index is 2.05. The Kier molecular flexibility index (Phi) is 4.04. The lowest BCUT2D eigenvalue weighted by atomic mass is 10.3. The molecule has 0 aliphatic rings. The van der Waals surface area contributed by atoms with Crippen LogP contribution in [0.2, 0.25) is 10.2 Å². The highest BCUT2D eigenvalue weighted by Crippen LogP contribution is 2.26. The van der Waals surface area contributed by atoms with Crippen LogP contribution in [0.25, 0.3) is 0 Å². The van der Waals surface area contributed by atoms with Crippen molar-refractivity contribution in [2.75, 3.05) is 0 Å². The molecular formula is C11H8Cl2N2S. The van der Waals surface area contributed by atoms with Gasteiger partial charge in [0.05, 0.1) is 0 Å². The molecule has 0 fully saturated rings. The maximum atomic E-state index is 6.05. The van der Waals surface area contributed by atoms with Crippen molar-refractivity contribution < 1.29 is 0 Å². The molecule has 2 heterocycles. The molecule has 82 valence electrons. The minimum Gasteiger partial charge on any atom is -0.265 e. The number of hydrogen-bond acceptors (Lipinski definition) is 3. The first-order valence-corrected chi connectivity index (χ1v) is 6.32. The number of thioether (sulfide) groups is 1. The molecule has 2 nitrogen and oxygen atoms in total. The SMILES string of the molecule is Clc1cc(Cl)c(CSc2ccncc2)cn1. The smallest absolute Gasteiger partial charge is 0.130 e. The molecule has 0 bridgehead atoms. The summed E-state index contributed by atoms with van der Waals surface area (Å²) in [6.45, 7) is 0. The summed E-state index contributed by atoms with van der Waals surface area (Å²) in [7, 11) is 0. The molecule has 0 saturated heterocycles. The molecule has 0 aromatic carbocycles. The Morgan fingerprint density at radius 3 is 2.62 bits per heavy atom. The van der Waals surface area contributed by atoms with Crippen molar-refractivity contribution in [1.29, 1.82) is 0 Å². The summed E-state index contributed by atoms with van der Waals surface area (Å²) >= 11 is 13.5. The number of halogens is 2. The van der Waals surface area contributed by atoms with Gasteiger partial charge >= 0.3 is 0 Å². The van der Waals surface area contributed by atoms with E-state index in [9.17, 15) is 0 Å². The van der Waals surface area contributed by atoms with Gasteiger partial charge in [0.1, 0.15) is 5.15 Å². The van der Waals surface area contributed by atoms with Crippen LogP contribution in [-0.4, -0.2) is 9.97 Å². The van der Waals surface area contributed by atoms with Gasteiger partial charge in [-0.25, -0.2) is 4.98 Å². The van der Waals surface area contributed by atoms with Gasteiger partial charge < -0.3 is 0 Å². The fourth-order valence-electron chi connectivity index (χ4n) is 1.14. The number of rotatable bonds is 3. The van der Waals surface area contributed by atoms with Gasteiger partial charge in [-0.2, -0.15) is 0 Å². The van der Waals surface area contributed by atoms with Crippen molar-refractivity contribution in [3.63, 3.8) is 0 Å². The predicted molar refractivity (Wildman–Crippen MR) is 68.1 cm³/mol. The minimum atomic E-state index is 0.419. The van der Waals surface area contributed by atoms with Gasteiger partial charge in [0.2, 0.25) is 0 Å². The van der Waals surface area contributed by atoms with Gasteiger partial charge in [-0.15, -0.1) is 11.8 Å². The molecule has 0 aliphatic heterocycles.